The Balaban J connectivity index is 2.07. The highest BCUT2D eigenvalue weighted by atomic mass is 16.1. The zero-order chi connectivity index (χ0) is 11.0. The molecule has 2 aliphatic rings. The summed E-state index contributed by atoms with van der Waals surface area (Å²) in [5, 5.41) is 0. The molecule has 1 aliphatic heterocycles. The molecular formula is C12H19NO2. The number of ketones is 2. The summed E-state index contributed by atoms with van der Waals surface area (Å²) >= 11 is 0. The fourth-order valence-corrected chi connectivity index (χ4v) is 3.03. The van der Waals surface area contributed by atoms with Crippen molar-refractivity contribution in [2.75, 3.05) is 20.1 Å². The largest absolute Gasteiger partial charge is 0.306 e. The van der Waals surface area contributed by atoms with E-state index in [4.69, 9.17) is 0 Å². The fraction of sp³-hybridized carbons (Fsp3) is 0.833. The second-order valence-electron chi connectivity index (χ2n) is 5.14. The highest BCUT2D eigenvalue weighted by Gasteiger charge is 2.39. The Kier molecular flexibility index (Phi) is 2.91. The zero-order valence-electron chi connectivity index (χ0n) is 9.53. The molecule has 1 aliphatic carbocycles. The summed E-state index contributed by atoms with van der Waals surface area (Å²) in [4.78, 5) is 25.4. The summed E-state index contributed by atoms with van der Waals surface area (Å²) in [5.74, 6) is 1.07. The van der Waals surface area contributed by atoms with Crippen LogP contribution in [0, 0.1) is 17.8 Å². The van der Waals surface area contributed by atoms with Gasteiger partial charge in [-0.2, -0.15) is 0 Å². The van der Waals surface area contributed by atoms with Crippen LogP contribution in [-0.2, 0) is 9.59 Å². The van der Waals surface area contributed by atoms with Gasteiger partial charge in [0.1, 0.15) is 11.6 Å². The van der Waals surface area contributed by atoms with E-state index in [0.29, 0.717) is 18.3 Å². The van der Waals surface area contributed by atoms with E-state index >= 15 is 0 Å². The number of carbonyl (C=O) groups excluding carboxylic acids is 2. The molecule has 1 saturated carbocycles. The van der Waals surface area contributed by atoms with Gasteiger partial charge in [-0.15, -0.1) is 0 Å². The highest BCUT2D eigenvalue weighted by molar-refractivity contribution is 6.01. The van der Waals surface area contributed by atoms with Crippen LogP contribution >= 0.6 is 0 Å². The summed E-state index contributed by atoms with van der Waals surface area (Å²) in [7, 11) is 2.12. The number of fused-ring (bicyclic) bond motifs is 1. The summed E-state index contributed by atoms with van der Waals surface area (Å²) in [6.45, 7) is 3.70. The summed E-state index contributed by atoms with van der Waals surface area (Å²) < 4.78 is 0. The second kappa shape index (κ2) is 4.05. The van der Waals surface area contributed by atoms with E-state index in [1.165, 1.54) is 0 Å². The molecule has 0 radical (unpaired) electrons. The first-order valence-corrected chi connectivity index (χ1v) is 5.79. The van der Waals surface area contributed by atoms with Crippen LogP contribution in [0.5, 0.6) is 0 Å². The molecule has 0 spiro atoms. The highest BCUT2D eigenvalue weighted by Crippen LogP contribution is 2.37. The SMILES string of the molecule is CC(=O)C1CC2CN(C)CCC2CC1=O. The first kappa shape index (κ1) is 10.8. The maximum absolute atomic E-state index is 11.7. The first-order chi connectivity index (χ1) is 7.08. The molecule has 3 nitrogen and oxygen atoms in total. The molecule has 3 heteroatoms. The van der Waals surface area contributed by atoms with Crippen molar-refractivity contribution < 1.29 is 9.59 Å². The van der Waals surface area contributed by atoms with E-state index in [1.807, 2.05) is 0 Å². The predicted molar refractivity (Wildman–Crippen MR) is 57.5 cm³/mol. The lowest BCUT2D eigenvalue weighted by molar-refractivity contribution is -0.136. The molecule has 0 aromatic heterocycles. The van der Waals surface area contributed by atoms with Gasteiger partial charge in [0.15, 0.2) is 0 Å². The lowest BCUT2D eigenvalue weighted by Gasteiger charge is -2.41. The Morgan fingerprint density at radius 3 is 2.80 bits per heavy atom. The van der Waals surface area contributed by atoms with Crippen LogP contribution in [0.2, 0.25) is 0 Å². The molecule has 1 saturated heterocycles. The van der Waals surface area contributed by atoms with E-state index in [-0.39, 0.29) is 17.5 Å². The van der Waals surface area contributed by atoms with Crippen molar-refractivity contribution in [2.24, 2.45) is 17.8 Å². The Morgan fingerprint density at radius 1 is 1.40 bits per heavy atom. The molecule has 0 amide bonds. The van der Waals surface area contributed by atoms with Gasteiger partial charge in [-0.25, -0.2) is 0 Å². The topological polar surface area (TPSA) is 37.4 Å². The predicted octanol–water partition coefficient (Wildman–Crippen LogP) is 1.12. The maximum atomic E-state index is 11.7. The van der Waals surface area contributed by atoms with Crippen molar-refractivity contribution >= 4 is 11.6 Å². The van der Waals surface area contributed by atoms with E-state index in [1.54, 1.807) is 6.92 Å². The number of piperidine rings is 1. The molecular weight excluding hydrogens is 190 g/mol. The van der Waals surface area contributed by atoms with Crippen LogP contribution in [0.4, 0.5) is 0 Å². The number of Topliss-reactive ketones (excluding diaryl/α,β-unsaturated/α-hetero) is 2. The minimum absolute atomic E-state index is 0.0617. The number of likely N-dealkylation sites (tertiary alicyclic amines) is 1. The van der Waals surface area contributed by atoms with Gasteiger partial charge in [-0.1, -0.05) is 0 Å². The minimum atomic E-state index is -0.294. The molecule has 84 valence electrons. The number of hydrogen-bond donors (Lipinski definition) is 0. The third-order valence-corrected chi connectivity index (χ3v) is 3.98. The van der Waals surface area contributed by atoms with Crippen LogP contribution in [0.3, 0.4) is 0 Å². The van der Waals surface area contributed by atoms with Crippen LogP contribution in [0.1, 0.15) is 26.2 Å². The monoisotopic (exact) mass is 209 g/mol. The number of nitrogens with zero attached hydrogens (tertiary/aromatic N) is 1. The molecule has 2 fully saturated rings. The molecule has 0 N–H and O–H groups in total. The third kappa shape index (κ3) is 2.12. The number of carbonyl (C=O) groups is 2. The van der Waals surface area contributed by atoms with Crippen molar-refractivity contribution in [1.82, 2.24) is 4.90 Å². The minimum Gasteiger partial charge on any atom is -0.306 e. The number of rotatable bonds is 1. The van der Waals surface area contributed by atoms with Gasteiger partial charge in [0.25, 0.3) is 0 Å². The van der Waals surface area contributed by atoms with E-state index < -0.39 is 0 Å². The summed E-state index contributed by atoms with van der Waals surface area (Å²) in [6, 6.07) is 0. The first-order valence-electron chi connectivity index (χ1n) is 5.79. The van der Waals surface area contributed by atoms with Crippen LogP contribution < -0.4 is 0 Å². The summed E-state index contributed by atoms with van der Waals surface area (Å²) in [6.07, 6.45) is 2.56. The van der Waals surface area contributed by atoms with Crippen LogP contribution in [-0.4, -0.2) is 36.6 Å². The molecule has 2 rings (SSSR count). The molecule has 0 aromatic rings. The average molecular weight is 209 g/mol. The van der Waals surface area contributed by atoms with Crippen LogP contribution in [0.15, 0.2) is 0 Å². The Morgan fingerprint density at radius 2 is 2.13 bits per heavy atom. The molecule has 0 aromatic carbocycles. The van der Waals surface area contributed by atoms with Crippen molar-refractivity contribution in [3.05, 3.63) is 0 Å². The van der Waals surface area contributed by atoms with Crippen molar-refractivity contribution in [3.8, 4) is 0 Å². The molecule has 15 heavy (non-hydrogen) atoms. The lowest BCUT2D eigenvalue weighted by atomic mass is 9.69. The third-order valence-electron chi connectivity index (χ3n) is 3.98. The van der Waals surface area contributed by atoms with Gasteiger partial charge in [-0.05, 0) is 45.2 Å². The quantitative estimate of drug-likeness (QED) is 0.607. The van der Waals surface area contributed by atoms with Crippen LogP contribution in [0.25, 0.3) is 0 Å². The fourth-order valence-electron chi connectivity index (χ4n) is 3.03. The Labute approximate surface area is 90.8 Å². The smallest absolute Gasteiger partial charge is 0.143 e. The standard InChI is InChI=1S/C12H19NO2/c1-8(14)11-5-10-7-13(2)4-3-9(10)6-12(11)15/h9-11H,3-7H2,1-2H3. The van der Waals surface area contributed by atoms with Gasteiger partial charge in [0.2, 0.25) is 0 Å². The van der Waals surface area contributed by atoms with Gasteiger partial charge < -0.3 is 4.90 Å². The number of hydrogen-bond acceptors (Lipinski definition) is 3. The van der Waals surface area contributed by atoms with E-state index in [9.17, 15) is 9.59 Å². The molecule has 0 bridgehead atoms. The normalized spacial score (nSPS) is 37.5. The van der Waals surface area contributed by atoms with E-state index in [2.05, 4.69) is 11.9 Å². The zero-order valence-corrected chi connectivity index (χ0v) is 9.53. The lowest BCUT2D eigenvalue weighted by Crippen LogP contribution is -2.45. The van der Waals surface area contributed by atoms with Gasteiger partial charge in [0.05, 0.1) is 5.92 Å². The molecule has 3 atom stereocenters. The summed E-state index contributed by atoms with van der Waals surface area (Å²) in [5.41, 5.74) is 0. The Bertz CT molecular complexity index is 287. The Hall–Kier alpha value is -0.700. The average Bonchev–Trinajstić information content (AvgIpc) is 2.17. The second-order valence-corrected chi connectivity index (χ2v) is 5.14. The molecule has 1 heterocycles. The van der Waals surface area contributed by atoms with E-state index in [0.717, 1.165) is 25.9 Å². The van der Waals surface area contributed by atoms with Gasteiger partial charge in [-0.3, -0.25) is 9.59 Å². The molecule has 3 unspecified atom stereocenters. The maximum Gasteiger partial charge on any atom is 0.143 e. The van der Waals surface area contributed by atoms with Gasteiger partial charge in [0, 0.05) is 13.0 Å². The van der Waals surface area contributed by atoms with Crippen molar-refractivity contribution in [1.29, 1.82) is 0 Å². The van der Waals surface area contributed by atoms with Crippen molar-refractivity contribution in [3.63, 3.8) is 0 Å². The van der Waals surface area contributed by atoms with Gasteiger partial charge >= 0.3 is 0 Å². The van der Waals surface area contributed by atoms with Crippen molar-refractivity contribution in [2.45, 2.75) is 26.2 Å².